The number of nitrogens with zero attached hydrogens (tertiary/aromatic N) is 1. The summed E-state index contributed by atoms with van der Waals surface area (Å²) in [6.07, 6.45) is 4.18. The minimum absolute atomic E-state index is 0.0717. The molecule has 0 aromatic carbocycles. The second-order valence-corrected chi connectivity index (χ2v) is 6.80. The number of rotatable bonds is 7. The van der Waals surface area contributed by atoms with Gasteiger partial charge in [-0.1, -0.05) is 20.8 Å². The average molecular weight is 254 g/mol. The topological polar surface area (TPSA) is 38.5 Å². The van der Waals surface area contributed by atoms with Crippen LogP contribution in [0.5, 0.6) is 0 Å². The molecule has 2 fully saturated rings. The maximum Gasteiger partial charge on any atom is 0.0662 e. The van der Waals surface area contributed by atoms with E-state index in [1.165, 1.54) is 19.4 Å². The molecule has 0 aliphatic heterocycles. The molecular weight excluding hydrogens is 224 g/mol. The molecule has 106 valence electrons. The van der Waals surface area contributed by atoms with Gasteiger partial charge in [0.1, 0.15) is 0 Å². The van der Waals surface area contributed by atoms with Crippen molar-refractivity contribution < 1.29 is 4.74 Å². The van der Waals surface area contributed by atoms with Crippen molar-refractivity contribution in [2.45, 2.75) is 58.6 Å². The number of ether oxygens (including phenoxy) is 1. The predicted molar refractivity (Wildman–Crippen MR) is 75.6 cm³/mol. The molecule has 2 aliphatic carbocycles. The van der Waals surface area contributed by atoms with E-state index in [4.69, 9.17) is 10.5 Å². The Kier molecular flexibility index (Phi) is 4.05. The van der Waals surface area contributed by atoms with Crippen LogP contribution in [-0.2, 0) is 4.74 Å². The third-order valence-corrected chi connectivity index (χ3v) is 5.17. The molecule has 3 nitrogen and oxygen atoms in total. The van der Waals surface area contributed by atoms with Gasteiger partial charge in [-0.05, 0) is 38.6 Å². The summed E-state index contributed by atoms with van der Waals surface area (Å²) in [7, 11) is 0. The number of hydrogen-bond donors (Lipinski definition) is 1. The van der Waals surface area contributed by atoms with Gasteiger partial charge in [-0.15, -0.1) is 0 Å². The summed E-state index contributed by atoms with van der Waals surface area (Å²) in [6, 6.07) is 0. The van der Waals surface area contributed by atoms with E-state index in [2.05, 4.69) is 32.6 Å². The van der Waals surface area contributed by atoms with Crippen molar-refractivity contribution in [3.63, 3.8) is 0 Å². The highest BCUT2D eigenvalue weighted by molar-refractivity contribution is 5.14. The monoisotopic (exact) mass is 254 g/mol. The fraction of sp³-hybridized carbons (Fsp3) is 1.00. The molecule has 0 aromatic rings. The normalized spacial score (nSPS) is 34.7. The Morgan fingerprint density at radius 2 is 1.94 bits per heavy atom. The van der Waals surface area contributed by atoms with Gasteiger partial charge in [0.05, 0.1) is 6.10 Å². The standard InChI is InChI=1S/C15H30N2O/c1-5-17(10-12-7-8-12)11-15(16)9-13(18-6-2)14(15,3)4/h12-13H,5-11,16H2,1-4H3. The molecule has 0 spiro atoms. The molecule has 3 heteroatoms. The average Bonchev–Trinajstić information content (AvgIpc) is 3.12. The molecule has 0 aromatic heterocycles. The van der Waals surface area contributed by atoms with Crippen LogP contribution in [-0.4, -0.2) is 42.8 Å². The summed E-state index contributed by atoms with van der Waals surface area (Å²) in [5, 5.41) is 0. The van der Waals surface area contributed by atoms with Crippen LogP contribution < -0.4 is 5.73 Å². The van der Waals surface area contributed by atoms with E-state index >= 15 is 0 Å². The number of nitrogens with two attached hydrogens (primary N) is 1. The zero-order valence-corrected chi connectivity index (χ0v) is 12.5. The summed E-state index contributed by atoms with van der Waals surface area (Å²) in [4.78, 5) is 2.54. The van der Waals surface area contributed by atoms with Crippen LogP contribution >= 0.6 is 0 Å². The molecule has 0 amide bonds. The van der Waals surface area contributed by atoms with Gasteiger partial charge in [0.25, 0.3) is 0 Å². The van der Waals surface area contributed by atoms with Crippen LogP contribution in [0.4, 0.5) is 0 Å². The van der Waals surface area contributed by atoms with Crippen LogP contribution in [0.2, 0.25) is 0 Å². The first-order valence-corrected chi connectivity index (χ1v) is 7.55. The van der Waals surface area contributed by atoms with Gasteiger partial charge in [0.2, 0.25) is 0 Å². The Morgan fingerprint density at radius 1 is 1.28 bits per heavy atom. The molecule has 2 unspecified atom stereocenters. The predicted octanol–water partition coefficient (Wildman–Crippen LogP) is 2.25. The van der Waals surface area contributed by atoms with Crippen LogP contribution in [0, 0.1) is 11.3 Å². The molecule has 2 atom stereocenters. The van der Waals surface area contributed by atoms with Gasteiger partial charge in [0, 0.05) is 30.7 Å². The zero-order valence-electron chi connectivity index (χ0n) is 12.5. The molecule has 0 bridgehead atoms. The number of hydrogen-bond acceptors (Lipinski definition) is 3. The van der Waals surface area contributed by atoms with Crippen molar-refractivity contribution in [3.05, 3.63) is 0 Å². The maximum atomic E-state index is 6.65. The lowest BCUT2D eigenvalue weighted by Gasteiger charge is -2.60. The molecule has 2 aliphatic rings. The quantitative estimate of drug-likeness (QED) is 0.757. The van der Waals surface area contributed by atoms with Crippen molar-refractivity contribution >= 4 is 0 Å². The maximum absolute atomic E-state index is 6.65. The van der Waals surface area contributed by atoms with Gasteiger partial charge >= 0.3 is 0 Å². The molecule has 0 heterocycles. The van der Waals surface area contributed by atoms with Gasteiger partial charge < -0.3 is 15.4 Å². The third kappa shape index (κ3) is 2.59. The second-order valence-electron chi connectivity index (χ2n) is 6.80. The Balaban J connectivity index is 1.90. The third-order valence-electron chi connectivity index (χ3n) is 5.17. The highest BCUT2D eigenvalue weighted by Gasteiger charge is 2.58. The van der Waals surface area contributed by atoms with E-state index in [0.717, 1.165) is 32.0 Å². The van der Waals surface area contributed by atoms with Crippen molar-refractivity contribution in [2.24, 2.45) is 17.1 Å². The summed E-state index contributed by atoms with van der Waals surface area (Å²) < 4.78 is 5.80. The van der Waals surface area contributed by atoms with Crippen LogP contribution in [0.15, 0.2) is 0 Å². The highest BCUT2D eigenvalue weighted by atomic mass is 16.5. The molecular formula is C15H30N2O. The molecule has 2 rings (SSSR count). The van der Waals surface area contributed by atoms with Gasteiger partial charge in [-0.25, -0.2) is 0 Å². The van der Waals surface area contributed by atoms with E-state index in [0.29, 0.717) is 6.10 Å². The molecule has 0 radical (unpaired) electrons. The summed E-state index contributed by atoms with van der Waals surface area (Å²) in [6.45, 7) is 13.0. The van der Waals surface area contributed by atoms with Crippen molar-refractivity contribution in [2.75, 3.05) is 26.2 Å². The van der Waals surface area contributed by atoms with Crippen LogP contribution in [0.3, 0.4) is 0 Å². The smallest absolute Gasteiger partial charge is 0.0662 e. The first-order chi connectivity index (χ1) is 8.43. The number of likely N-dealkylation sites (N-methyl/N-ethyl adjacent to an activating group) is 1. The van der Waals surface area contributed by atoms with E-state index in [-0.39, 0.29) is 11.0 Å². The molecule has 18 heavy (non-hydrogen) atoms. The minimum Gasteiger partial charge on any atom is -0.378 e. The van der Waals surface area contributed by atoms with Gasteiger partial charge in [-0.2, -0.15) is 0 Å². The largest absolute Gasteiger partial charge is 0.378 e. The van der Waals surface area contributed by atoms with Crippen LogP contribution in [0.25, 0.3) is 0 Å². The van der Waals surface area contributed by atoms with E-state index in [9.17, 15) is 0 Å². The fourth-order valence-electron chi connectivity index (χ4n) is 3.15. The SMILES string of the molecule is CCOC1CC(N)(CN(CC)CC2CC2)C1(C)C. The van der Waals surface area contributed by atoms with Crippen molar-refractivity contribution in [1.29, 1.82) is 0 Å². The highest BCUT2D eigenvalue weighted by Crippen LogP contribution is 2.50. The minimum atomic E-state index is -0.0717. The molecule has 0 saturated heterocycles. The lowest BCUT2D eigenvalue weighted by molar-refractivity contribution is -0.156. The van der Waals surface area contributed by atoms with E-state index in [1.54, 1.807) is 0 Å². The lowest BCUT2D eigenvalue weighted by Crippen LogP contribution is -2.73. The van der Waals surface area contributed by atoms with E-state index < -0.39 is 0 Å². The Bertz CT molecular complexity index is 288. The molecule has 2 N–H and O–H groups in total. The van der Waals surface area contributed by atoms with Crippen molar-refractivity contribution in [1.82, 2.24) is 4.90 Å². The Morgan fingerprint density at radius 3 is 2.39 bits per heavy atom. The lowest BCUT2D eigenvalue weighted by atomic mass is 9.54. The Labute approximate surface area is 112 Å². The summed E-state index contributed by atoms with van der Waals surface area (Å²) in [5.74, 6) is 0.944. The first-order valence-electron chi connectivity index (χ1n) is 7.55. The Hall–Kier alpha value is -0.120. The van der Waals surface area contributed by atoms with Crippen molar-refractivity contribution in [3.8, 4) is 0 Å². The van der Waals surface area contributed by atoms with Crippen LogP contribution in [0.1, 0.15) is 47.0 Å². The van der Waals surface area contributed by atoms with Gasteiger partial charge in [0.15, 0.2) is 0 Å². The summed E-state index contributed by atoms with van der Waals surface area (Å²) in [5.41, 5.74) is 6.68. The zero-order chi connectivity index (χ0) is 13.4. The molecule has 2 saturated carbocycles. The van der Waals surface area contributed by atoms with Gasteiger partial charge in [-0.3, -0.25) is 0 Å². The van der Waals surface area contributed by atoms with E-state index in [1.807, 2.05) is 0 Å². The fourth-order valence-corrected chi connectivity index (χ4v) is 3.15. The summed E-state index contributed by atoms with van der Waals surface area (Å²) >= 11 is 0. The second kappa shape index (κ2) is 5.10. The first kappa shape index (κ1) is 14.3.